The first kappa shape index (κ1) is 11.7. The van der Waals surface area contributed by atoms with Crippen LogP contribution in [0.2, 0.25) is 0 Å². The lowest BCUT2D eigenvalue weighted by Gasteiger charge is -2.34. The fourth-order valence-corrected chi connectivity index (χ4v) is 2.94. The van der Waals surface area contributed by atoms with Gasteiger partial charge in [-0.2, -0.15) is 0 Å². The Labute approximate surface area is 88.3 Å². The second kappa shape index (κ2) is 6.21. The highest BCUT2D eigenvalue weighted by molar-refractivity contribution is 5.48. The van der Waals surface area contributed by atoms with Crippen LogP contribution in [0, 0.1) is 17.8 Å². The fourth-order valence-electron chi connectivity index (χ4n) is 2.94. The van der Waals surface area contributed by atoms with Crippen LogP contribution in [0.1, 0.15) is 58.8 Å². The molecule has 0 aromatic carbocycles. The van der Waals surface area contributed by atoms with E-state index < -0.39 is 0 Å². The molecule has 0 heterocycles. The smallest absolute Gasteiger partial charge is 0.119 e. The molecule has 0 aromatic heterocycles. The molecular weight excluding hydrogens is 172 g/mol. The van der Waals surface area contributed by atoms with Gasteiger partial charge in [-0.25, -0.2) is 0 Å². The van der Waals surface area contributed by atoms with Crippen molar-refractivity contribution in [3.05, 3.63) is 0 Å². The zero-order chi connectivity index (χ0) is 10.4. The monoisotopic (exact) mass is 196 g/mol. The quantitative estimate of drug-likeness (QED) is 0.482. The van der Waals surface area contributed by atoms with Gasteiger partial charge in [-0.3, -0.25) is 0 Å². The van der Waals surface area contributed by atoms with E-state index in [1.807, 2.05) is 0 Å². The molecule has 1 rings (SSSR count). The van der Waals surface area contributed by atoms with Crippen molar-refractivity contribution in [3.63, 3.8) is 0 Å². The molecule has 14 heavy (non-hydrogen) atoms. The summed E-state index contributed by atoms with van der Waals surface area (Å²) in [7, 11) is 0. The number of carbonyl (C=O) groups is 1. The summed E-state index contributed by atoms with van der Waals surface area (Å²) in [6.45, 7) is 4.70. The highest BCUT2D eigenvalue weighted by atomic mass is 16.1. The van der Waals surface area contributed by atoms with Crippen LogP contribution in [0.4, 0.5) is 0 Å². The number of aldehydes is 1. The summed E-state index contributed by atoms with van der Waals surface area (Å²) in [6, 6.07) is 0. The Morgan fingerprint density at radius 1 is 1.29 bits per heavy atom. The Balaban J connectivity index is 2.33. The minimum atomic E-state index is 0.765. The molecule has 82 valence electrons. The predicted octanol–water partition coefficient (Wildman–Crippen LogP) is 3.82. The van der Waals surface area contributed by atoms with E-state index in [-0.39, 0.29) is 0 Å². The Morgan fingerprint density at radius 3 is 2.64 bits per heavy atom. The van der Waals surface area contributed by atoms with Crippen molar-refractivity contribution < 1.29 is 4.79 Å². The van der Waals surface area contributed by atoms with Gasteiger partial charge in [0, 0.05) is 6.42 Å². The second-order valence-electron chi connectivity index (χ2n) is 5.05. The molecule has 1 aliphatic carbocycles. The van der Waals surface area contributed by atoms with Crippen molar-refractivity contribution in [1.82, 2.24) is 0 Å². The molecule has 0 aromatic rings. The molecule has 2 unspecified atom stereocenters. The zero-order valence-electron chi connectivity index (χ0n) is 9.67. The van der Waals surface area contributed by atoms with Gasteiger partial charge in [0.2, 0.25) is 0 Å². The molecule has 0 saturated heterocycles. The summed E-state index contributed by atoms with van der Waals surface area (Å²) >= 11 is 0. The number of unbranched alkanes of at least 4 members (excludes halogenated alkanes) is 1. The Hall–Kier alpha value is -0.330. The van der Waals surface area contributed by atoms with Gasteiger partial charge >= 0.3 is 0 Å². The van der Waals surface area contributed by atoms with Gasteiger partial charge in [0.25, 0.3) is 0 Å². The Kier molecular flexibility index (Phi) is 5.21. The Morgan fingerprint density at radius 2 is 2.00 bits per heavy atom. The first-order valence-corrected chi connectivity index (χ1v) is 6.19. The summed E-state index contributed by atoms with van der Waals surface area (Å²) in [6.07, 6.45) is 9.88. The van der Waals surface area contributed by atoms with E-state index >= 15 is 0 Å². The highest BCUT2D eigenvalue weighted by Crippen LogP contribution is 2.37. The average Bonchev–Trinajstić information content (AvgIpc) is 2.19. The highest BCUT2D eigenvalue weighted by Gasteiger charge is 2.26. The fraction of sp³-hybridized carbons (Fsp3) is 0.923. The third-order valence-electron chi connectivity index (χ3n) is 3.72. The van der Waals surface area contributed by atoms with E-state index in [0.717, 1.165) is 36.9 Å². The van der Waals surface area contributed by atoms with Gasteiger partial charge in [0.15, 0.2) is 0 Å². The minimum absolute atomic E-state index is 0.765. The molecule has 1 aliphatic rings. The van der Waals surface area contributed by atoms with E-state index in [1.54, 1.807) is 0 Å². The lowest BCUT2D eigenvalue weighted by molar-refractivity contribution is -0.108. The summed E-state index contributed by atoms with van der Waals surface area (Å²) in [5.74, 6) is 2.66. The van der Waals surface area contributed by atoms with Crippen LogP contribution >= 0.6 is 0 Å². The van der Waals surface area contributed by atoms with Gasteiger partial charge in [0.05, 0.1) is 0 Å². The number of hydrogen-bond acceptors (Lipinski definition) is 1. The lowest BCUT2D eigenvalue weighted by Crippen LogP contribution is -2.24. The molecule has 0 radical (unpaired) electrons. The Bertz CT molecular complexity index is 163. The molecule has 1 nitrogen and oxygen atoms in total. The van der Waals surface area contributed by atoms with E-state index in [0.29, 0.717) is 0 Å². The average molecular weight is 196 g/mol. The normalized spacial score (nSPS) is 27.9. The third kappa shape index (κ3) is 3.43. The van der Waals surface area contributed by atoms with Gasteiger partial charge in [-0.05, 0) is 37.0 Å². The zero-order valence-corrected chi connectivity index (χ0v) is 9.67. The maximum absolute atomic E-state index is 10.3. The van der Waals surface area contributed by atoms with E-state index in [4.69, 9.17) is 0 Å². The number of rotatable bonds is 5. The van der Waals surface area contributed by atoms with Gasteiger partial charge in [-0.15, -0.1) is 0 Å². The topological polar surface area (TPSA) is 17.1 Å². The van der Waals surface area contributed by atoms with Crippen molar-refractivity contribution in [2.45, 2.75) is 58.8 Å². The predicted molar refractivity (Wildman–Crippen MR) is 60.2 cm³/mol. The molecule has 2 atom stereocenters. The SMILES string of the molecule is CC(C)C1CCCCC1CCCC=O. The molecule has 0 bridgehead atoms. The number of hydrogen-bond donors (Lipinski definition) is 0. The molecule has 0 spiro atoms. The van der Waals surface area contributed by atoms with Crippen molar-refractivity contribution in [3.8, 4) is 0 Å². The van der Waals surface area contributed by atoms with Crippen LogP contribution in [-0.2, 0) is 4.79 Å². The first-order chi connectivity index (χ1) is 6.75. The molecular formula is C13H24O. The maximum atomic E-state index is 10.3. The van der Waals surface area contributed by atoms with Crippen LogP contribution in [0.5, 0.6) is 0 Å². The van der Waals surface area contributed by atoms with E-state index in [2.05, 4.69) is 13.8 Å². The van der Waals surface area contributed by atoms with Crippen molar-refractivity contribution in [2.24, 2.45) is 17.8 Å². The van der Waals surface area contributed by atoms with Crippen molar-refractivity contribution in [2.75, 3.05) is 0 Å². The minimum Gasteiger partial charge on any atom is -0.303 e. The number of carbonyl (C=O) groups excluding carboxylic acids is 1. The molecule has 0 aliphatic heterocycles. The molecule has 1 heteroatoms. The van der Waals surface area contributed by atoms with Crippen LogP contribution in [0.3, 0.4) is 0 Å². The maximum Gasteiger partial charge on any atom is 0.119 e. The van der Waals surface area contributed by atoms with Gasteiger partial charge < -0.3 is 4.79 Å². The van der Waals surface area contributed by atoms with Crippen LogP contribution < -0.4 is 0 Å². The summed E-state index contributed by atoms with van der Waals surface area (Å²) in [4.78, 5) is 10.3. The lowest BCUT2D eigenvalue weighted by atomic mass is 9.72. The first-order valence-electron chi connectivity index (χ1n) is 6.19. The summed E-state index contributed by atoms with van der Waals surface area (Å²) < 4.78 is 0. The molecule has 1 fully saturated rings. The summed E-state index contributed by atoms with van der Waals surface area (Å²) in [5, 5.41) is 0. The van der Waals surface area contributed by atoms with Gasteiger partial charge in [-0.1, -0.05) is 33.1 Å². The van der Waals surface area contributed by atoms with Crippen LogP contribution in [0.25, 0.3) is 0 Å². The standard InChI is InChI=1S/C13H24O/c1-11(2)13-9-4-3-7-12(13)8-5-6-10-14/h10-13H,3-9H2,1-2H3. The van der Waals surface area contributed by atoms with E-state index in [9.17, 15) is 4.79 Å². The second-order valence-corrected chi connectivity index (χ2v) is 5.05. The van der Waals surface area contributed by atoms with Crippen LogP contribution in [0.15, 0.2) is 0 Å². The molecule has 1 saturated carbocycles. The van der Waals surface area contributed by atoms with Crippen LogP contribution in [-0.4, -0.2) is 6.29 Å². The van der Waals surface area contributed by atoms with E-state index in [1.165, 1.54) is 32.1 Å². The molecule has 0 amide bonds. The van der Waals surface area contributed by atoms with Gasteiger partial charge in [0.1, 0.15) is 6.29 Å². The van der Waals surface area contributed by atoms with Crippen molar-refractivity contribution >= 4 is 6.29 Å². The largest absolute Gasteiger partial charge is 0.303 e. The molecule has 0 N–H and O–H groups in total. The third-order valence-corrected chi connectivity index (χ3v) is 3.72. The summed E-state index contributed by atoms with van der Waals surface area (Å²) in [5.41, 5.74) is 0. The van der Waals surface area contributed by atoms with Crippen molar-refractivity contribution in [1.29, 1.82) is 0 Å².